The standard InChI is InChI=1S/C12H7ClFN3O3/c1-5-9(16-20-15-5)4-17-10-3-8(14)7(13)2-6(10)11(18)12(17)19/h2-3H,4H2,1H3. The Balaban J connectivity index is 2.06. The van der Waals surface area contributed by atoms with Crippen LogP contribution in [0.5, 0.6) is 0 Å². The lowest BCUT2D eigenvalue weighted by Gasteiger charge is -2.14. The van der Waals surface area contributed by atoms with Gasteiger partial charge in [-0.3, -0.25) is 14.5 Å². The quantitative estimate of drug-likeness (QED) is 0.791. The van der Waals surface area contributed by atoms with Crippen LogP contribution in [0.3, 0.4) is 0 Å². The van der Waals surface area contributed by atoms with Crippen molar-refractivity contribution < 1.29 is 18.6 Å². The van der Waals surface area contributed by atoms with E-state index < -0.39 is 17.5 Å². The molecule has 0 aliphatic carbocycles. The van der Waals surface area contributed by atoms with E-state index in [-0.39, 0.29) is 22.8 Å². The maximum absolute atomic E-state index is 13.5. The van der Waals surface area contributed by atoms with E-state index in [0.29, 0.717) is 11.4 Å². The highest BCUT2D eigenvalue weighted by Crippen LogP contribution is 2.34. The van der Waals surface area contributed by atoms with E-state index in [0.717, 1.165) is 17.0 Å². The number of anilines is 1. The third-order valence-electron chi connectivity index (χ3n) is 3.07. The van der Waals surface area contributed by atoms with Gasteiger partial charge in [-0.05, 0) is 19.1 Å². The number of nitrogens with zero attached hydrogens (tertiary/aromatic N) is 3. The van der Waals surface area contributed by atoms with Crippen LogP contribution in [0.25, 0.3) is 0 Å². The molecule has 1 amide bonds. The zero-order valence-corrected chi connectivity index (χ0v) is 10.9. The molecule has 0 saturated carbocycles. The second-order valence-electron chi connectivity index (χ2n) is 4.30. The topological polar surface area (TPSA) is 76.3 Å². The minimum absolute atomic E-state index is 0.0199. The van der Waals surface area contributed by atoms with Crippen LogP contribution in [0.15, 0.2) is 16.8 Å². The molecule has 0 unspecified atom stereocenters. The van der Waals surface area contributed by atoms with Gasteiger partial charge >= 0.3 is 0 Å². The molecule has 2 aromatic rings. The summed E-state index contributed by atoms with van der Waals surface area (Å²) in [5.74, 6) is -2.19. The van der Waals surface area contributed by atoms with E-state index in [4.69, 9.17) is 11.6 Å². The lowest BCUT2D eigenvalue weighted by atomic mass is 10.1. The SMILES string of the molecule is Cc1nonc1CN1C(=O)C(=O)c2cc(Cl)c(F)cc21. The lowest BCUT2D eigenvalue weighted by molar-refractivity contribution is -0.114. The van der Waals surface area contributed by atoms with Crippen molar-refractivity contribution >= 4 is 29.0 Å². The van der Waals surface area contributed by atoms with Crippen molar-refractivity contribution in [3.05, 3.63) is 39.9 Å². The number of benzene rings is 1. The first-order valence-electron chi connectivity index (χ1n) is 5.62. The summed E-state index contributed by atoms with van der Waals surface area (Å²) in [6.07, 6.45) is 0. The van der Waals surface area contributed by atoms with E-state index >= 15 is 0 Å². The molecule has 6 nitrogen and oxygen atoms in total. The molecule has 20 heavy (non-hydrogen) atoms. The fraction of sp³-hybridized carbons (Fsp3) is 0.167. The van der Waals surface area contributed by atoms with Crippen LogP contribution in [0.2, 0.25) is 5.02 Å². The number of ketones is 1. The predicted molar refractivity (Wildman–Crippen MR) is 66.0 cm³/mol. The smallest absolute Gasteiger partial charge is 0.298 e. The third kappa shape index (κ3) is 1.78. The molecular weight excluding hydrogens is 289 g/mol. The average Bonchev–Trinajstić information content (AvgIpc) is 2.90. The Bertz CT molecular complexity index is 744. The summed E-state index contributed by atoms with van der Waals surface area (Å²) < 4.78 is 18.1. The molecule has 0 spiro atoms. The number of amides is 1. The van der Waals surface area contributed by atoms with Crippen molar-refractivity contribution in [2.24, 2.45) is 0 Å². The van der Waals surface area contributed by atoms with Crippen LogP contribution in [0.1, 0.15) is 21.7 Å². The Morgan fingerprint density at radius 3 is 2.75 bits per heavy atom. The largest absolute Gasteiger partial charge is 0.299 e. The Kier molecular flexibility index (Phi) is 2.79. The first kappa shape index (κ1) is 12.7. The molecule has 0 N–H and O–H groups in total. The number of carbonyl (C=O) groups excluding carboxylic acids is 2. The fourth-order valence-corrected chi connectivity index (χ4v) is 2.15. The number of hydrogen-bond donors (Lipinski definition) is 0. The summed E-state index contributed by atoms with van der Waals surface area (Å²) in [5.41, 5.74) is 1.14. The van der Waals surface area contributed by atoms with Crippen molar-refractivity contribution in [3.8, 4) is 0 Å². The van der Waals surface area contributed by atoms with Crippen LogP contribution >= 0.6 is 11.6 Å². The molecule has 0 saturated heterocycles. The van der Waals surface area contributed by atoms with Crippen molar-refractivity contribution in [2.45, 2.75) is 13.5 Å². The second-order valence-corrected chi connectivity index (χ2v) is 4.71. The molecule has 1 aromatic carbocycles. The summed E-state index contributed by atoms with van der Waals surface area (Å²) in [5, 5.41) is 7.02. The molecule has 2 heterocycles. The summed E-state index contributed by atoms with van der Waals surface area (Å²) in [6.45, 7) is 1.63. The molecule has 1 aliphatic heterocycles. The third-order valence-corrected chi connectivity index (χ3v) is 3.36. The van der Waals surface area contributed by atoms with E-state index in [1.165, 1.54) is 0 Å². The van der Waals surface area contributed by atoms with Crippen LogP contribution in [0.4, 0.5) is 10.1 Å². The first-order valence-corrected chi connectivity index (χ1v) is 6.00. The maximum Gasteiger partial charge on any atom is 0.299 e. The van der Waals surface area contributed by atoms with Gasteiger partial charge in [-0.1, -0.05) is 21.9 Å². The molecule has 3 rings (SSSR count). The number of aryl methyl sites for hydroxylation is 1. The Labute approximate surface area is 117 Å². The highest BCUT2D eigenvalue weighted by molar-refractivity contribution is 6.52. The van der Waals surface area contributed by atoms with Gasteiger partial charge in [0.1, 0.15) is 17.2 Å². The van der Waals surface area contributed by atoms with Gasteiger partial charge in [-0.25, -0.2) is 9.02 Å². The zero-order chi connectivity index (χ0) is 14.4. The summed E-state index contributed by atoms with van der Waals surface area (Å²) in [4.78, 5) is 24.9. The number of rotatable bonds is 2. The fourth-order valence-electron chi connectivity index (χ4n) is 1.99. The zero-order valence-electron chi connectivity index (χ0n) is 10.2. The van der Waals surface area contributed by atoms with Gasteiger partial charge in [0.2, 0.25) is 0 Å². The number of fused-ring (bicyclic) bond motifs is 1. The normalized spacial score (nSPS) is 14.1. The van der Waals surface area contributed by atoms with Gasteiger partial charge in [-0.15, -0.1) is 0 Å². The predicted octanol–water partition coefficient (Wildman–Crippen LogP) is 1.90. The minimum Gasteiger partial charge on any atom is -0.298 e. The maximum atomic E-state index is 13.5. The number of aromatic nitrogens is 2. The van der Waals surface area contributed by atoms with Crippen molar-refractivity contribution in [1.29, 1.82) is 0 Å². The van der Waals surface area contributed by atoms with Crippen LogP contribution in [-0.2, 0) is 11.3 Å². The molecule has 102 valence electrons. The molecule has 0 atom stereocenters. The van der Waals surface area contributed by atoms with Gasteiger partial charge in [-0.2, -0.15) is 0 Å². The Morgan fingerprint density at radius 2 is 2.10 bits per heavy atom. The van der Waals surface area contributed by atoms with E-state index in [9.17, 15) is 14.0 Å². The average molecular weight is 296 g/mol. The van der Waals surface area contributed by atoms with Crippen LogP contribution in [-0.4, -0.2) is 22.0 Å². The van der Waals surface area contributed by atoms with Crippen molar-refractivity contribution in [1.82, 2.24) is 10.3 Å². The Hall–Kier alpha value is -2.28. The van der Waals surface area contributed by atoms with E-state index in [2.05, 4.69) is 14.9 Å². The highest BCUT2D eigenvalue weighted by Gasteiger charge is 2.37. The molecule has 8 heteroatoms. The van der Waals surface area contributed by atoms with Gasteiger partial charge in [0.15, 0.2) is 0 Å². The number of hydrogen-bond acceptors (Lipinski definition) is 5. The van der Waals surface area contributed by atoms with Crippen LogP contribution in [0, 0.1) is 12.7 Å². The number of halogens is 2. The van der Waals surface area contributed by atoms with Crippen molar-refractivity contribution in [3.63, 3.8) is 0 Å². The molecule has 1 aromatic heterocycles. The molecule has 0 fully saturated rings. The van der Waals surface area contributed by atoms with Gasteiger partial charge in [0.05, 0.1) is 22.8 Å². The Morgan fingerprint density at radius 1 is 1.35 bits per heavy atom. The second kappa shape index (κ2) is 4.38. The van der Waals surface area contributed by atoms with Gasteiger partial charge < -0.3 is 0 Å². The summed E-state index contributed by atoms with van der Waals surface area (Å²) in [7, 11) is 0. The highest BCUT2D eigenvalue weighted by atomic mass is 35.5. The van der Waals surface area contributed by atoms with Gasteiger partial charge in [0.25, 0.3) is 11.7 Å². The van der Waals surface area contributed by atoms with Crippen molar-refractivity contribution in [2.75, 3.05) is 4.90 Å². The van der Waals surface area contributed by atoms with E-state index in [1.807, 2.05) is 0 Å². The van der Waals surface area contributed by atoms with E-state index in [1.54, 1.807) is 6.92 Å². The molecular formula is C12H7ClFN3O3. The number of Topliss-reactive ketones (excluding diaryl/α,β-unsaturated/α-hetero) is 1. The van der Waals surface area contributed by atoms with Gasteiger partial charge in [0, 0.05) is 0 Å². The molecule has 0 bridgehead atoms. The molecule has 0 radical (unpaired) electrons. The minimum atomic E-state index is -0.760. The molecule has 1 aliphatic rings. The summed E-state index contributed by atoms with van der Waals surface area (Å²) >= 11 is 5.63. The first-order chi connectivity index (χ1) is 9.49. The monoisotopic (exact) mass is 295 g/mol. The van der Waals surface area contributed by atoms with Crippen LogP contribution < -0.4 is 4.90 Å². The summed E-state index contributed by atoms with van der Waals surface area (Å²) in [6, 6.07) is 2.21. The number of carbonyl (C=O) groups is 2. The lowest BCUT2D eigenvalue weighted by Crippen LogP contribution is -2.29.